The molecule has 1 aliphatic rings. The van der Waals surface area contributed by atoms with Crippen LogP contribution in [0.4, 0.5) is 0 Å². The molecule has 2 heterocycles. The first-order chi connectivity index (χ1) is 9.79. The maximum atomic E-state index is 12.4. The molecule has 5 heteroatoms. The normalized spacial score (nSPS) is 20.1. The zero-order valence-corrected chi connectivity index (χ0v) is 12.9. The Morgan fingerprint density at radius 1 is 1.19 bits per heavy atom. The maximum Gasteiger partial charge on any atom is 0.371 e. The molecule has 1 aromatic heterocycles. The first kappa shape index (κ1) is 15.6. The topological polar surface area (TPSA) is 70.8 Å². The van der Waals surface area contributed by atoms with Gasteiger partial charge >= 0.3 is 5.97 Å². The standard InChI is InChI=1S/C16H23NO4/c1-16(2,3)11-5-4-9-17(10-8-11)14(18)12-6-7-13(21-12)15(19)20/h6-7,11H,4-5,8-10H2,1-3H3,(H,19,20). The van der Waals surface area contributed by atoms with E-state index in [9.17, 15) is 9.59 Å². The van der Waals surface area contributed by atoms with Crippen LogP contribution in [0.25, 0.3) is 0 Å². The maximum absolute atomic E-state index is 12.4. The Balaban J connectivity index is 2.04. The molecule has 1 aromatic rings. The second-order valence-electron chi connectivity index (χ2n) is 6.76. The van der Waals surface area contributed by atoms with Gasteiger partial charge in [-0.15, -0.1) is 0 Å². The summed E-state index contributed by atoms with van der Waals surface area (Å²) in [6.07, 6.45) is 3.06. The number of aromatic carboxylic acids is 1. The first-order valence-corrected chi connectivity index (χ1v) is 7.41. The number of hydrogen-bond donors (Lipinski definition) is 1. The monoisotopic (exact) mass is 293 g/mol. The number of furan rings is 1. The van der Waals surface area contributed by atoms with E-state index in [1.54, 1.807) is 4.90 Å². The van der Waals surface area contributed by atoms with Gasteiger partial charge in [-0.25, -0.2) is 4.79 Å². The lowest BCUT2D eigenvalue weighted by Gasteiger charge is -2.29. The van der Waals surface area contributed by atoms with Crippen LogP contribution in [0.1, 0.15) is 61.1 Å². The zero-order valence-electron chi connectivity index (χ0n) is 12.9. The van der Waals surface area contributed by atoms with Crippen LogP contribution in [0.3, 0.4) is 0 Å². The van der Waals surface area contributed by atoms with Crippen molar-refractivity contribution in [2.45, 2.75) is 40.0 Å². The number of rotatable bonds is 2. The van der Waals surface area contributed by atoms with Crippen molar-refractivity contribution in [2.24, 2.45) is 11.3 Å². The van der Waals surface area contributed by atoms with Gasteiger partial charge in [-0.1, -0.05) is 20.8 Å². The number of nitrogens with zero attached hydrogens (tertiary/aromatic N) is 1. The summed E-state index contributed by atoms with van der Waals surface area (Å²) in [6, 6.07) is 2.77. The predicted octanol–water partition coefficient (Wildman–Crippen LogP) is 3.27. The molecule has 0 aliphatic carbocycles. The second-order valence-corrected chi connectivity index (χ2v) is 6.76. The Bertz CT molecular complexity index is 527. The molecular weight excluding hydrogens is 270 g/mol. The summed E-state index contributed by atoms with van der Waals surface area (Å²) >= 11 is 0. The Kier molecular flexibility index (Phi) is 4.40. The fourth-order valence-corrected chi connectivity index (χ4v) is 2.89. The SMILES string of the molecule is CC(C)(C)C1CCCN(C(=O)c2ccc(C(=O)O)o2)CC1. The summed E-state index contributed by atoms with van der Waals surface area (Å²) < 4.78 is 5.10. The molecule has 0 bridgehead atoms. The van der Waals surface area contributed by atoms with E-state index in [4.69, 9.17) is 9.52 Å². The smallest absolute Gasteiger partial charge is 0.371 e. The molecule has 1 fully saturated rings. The summed E-state index contributed by atoms with van der Waals surface area (Å²) in [7, 11) is 0. The van der Waals surface area contributed by atoms with Crippen LogP contribution in [0.2, 0.25) is 0 Å². The highest BCUT2D eigenvalue weighted by atomic mass is 16.4. The summed E-state index contributed by atoms with van der Waals surface area (Å²) in [6.45, 7) is 8.11. The number of carbonyl (C=O) groups is 2. The van der Waals surface area contributed by atoms with Crippen LogP contribution in [0, 0.1) is 11.3 Å². The van der Waals surface area contributed by atoms with Gasteiger partial charge < -0.3 is 14.4 Å². The summed E-state index contributed by atoms with van der Waals surface area (Å²) in [4.78, 5) is 25.0. The highest BCUT2D eigenvalue weighted by Gasteiger charge is 2.29. The van der Waals surface area contributed by atoms with Crippen molar-refractivity contribution in [1.82, 2.24) is 4.90 Å². The van der Waals surface area contributed by atoms with Crippen molar-refractivity contribution in [3.8, 4) is 0 Å². The lowest BCUT2D eigenvalue weighted by atomic mass is 9.77. The van der Waals surface area contributed by atoms with Crippen LogP contribution in [0.5, 0.6) is 0 Å². The van der Waals surface area contributed by atoms with Crippen LogP contribution in [-0.4, -0.2) is 35.0 Å². The number of likely N-dealkylation sites (tertiary alicyclic amines) is 1. The van der Waals surface area contributed by atoms with Gasteiger partial charge in [0.15, 0.2) is 5.76 Å². The molecule has 0 aromatic carbocycles. The van der Waals surface area contributed by atoms with Crippen LogP contribution in [0.15, 0.2) is 16.5 Å². The number of hydrogen-bond acceptors (Lipinski definition) is 3. The van der Waals surface area contributed by atoms with Crippen molar-refractivity contribution in [1.29, 1.82) is 0 Å². The third kappa shape index (κ3) is 3.65. The van der Waals surface area contributed by atoms with E-state index in [-0.39, 0.29) is 22.8 Å². The van der Waals surface area contributed by atoms with Gasteiger partial charge in [0.05, 0.1) is 0 Å². The van der Waals surface area contributed by atoms with Gasteiger partial charge in [0, 0.05) is 13.1 Å². The van der Waals surface area contributed by atoms with Crippen LogP contribution in [-0.2, 0) is 0 Å². The minimum atomic E-state index is -1.15. The molecule has 1 N–H and O–H groups in total. The van der Waals surface area contributed by atoms with E-state index >= 15 is 0 Å². The van der Waals surface area contributed by atoms with E-state index < -0.39 is 5.97 Å². The third-order valence-corrected chi connectivity index (χ3v) is 4.27. The fraction of sp³-hybridized carbons (Fsp3) is 0.625. The zero-order chi connectivity index (χ0) is 15.6. The molecule has 1 unspecified atom stereocenters. The molecule has 21 heavy (non-hydrogen) atoms. The summed E-state index contributed by atoms with van der Waals surface area (Å²) in [5.74, 6) is -0.849. The highest BCUT2D eigenvalue weighted by Crippen LogP contribution is 2.34. The van der Waals surface area contributed by atoms with E-state index in [1.807, 2.05) is 0 Å². The number of amides is 1. The molecule has 0 spiro atoms. The molecule has 1 saturated heterocycles. The average molecular weight is 293 g/mol. The Morgan fingerprint density at radius 3 is 2.43 bits per heavy atom. The molecule has 1 amide bonds. The van der Waals surface area contributed by atoms with E-state index in [0.717, 1.165) is 19.3 Å². The molecule has 116 valence electrons. The molecule has 5 nitrogen and oxygen atoms in total. The van der Waals surface area contributed by atoms with E-state index in [0.29, 0.717) is 19.0 Å². The molecule has 0 saturated carbocycles. The number of carboxylic acid groups (broad SMARTS) is 1. The molecule has 0 radical (unpaired) electrons. The van der Waals surface area contributed by atoms with Crippen LogP contribution < -0.4 is 0 Å². The van der Waals surface area contributed by atoms with Crippen LogP contribution >= 0.6 is 0 Å². The lowest BCUT2D eigenvalue weighted by Crippen LogP contribution is -2.32. The van der Waals surface area contributed by atoms with Crippen molar-refractivity contribution in [3.63, 3.8) is 0 Å². The van der Waals surface area contributed by atoms with Crippen molar-refractivity contribution in [3.05, 3.63) is 23.7 Å². The van der Waals surface area contributed by atoms with Crippen molar-refractivity contribution < 1.29 is 19.1 Å². The minimum Gasteiger partial charge on any atom is -0.475 e. The number of carbonyl (C=O) groups excluding carboxylic acids is 1. The lowest BCUT2D eigenvalue weighted by molar-refractivity contribution is 0.0649. The quantitative estimate of drug-likeness (QED) is 0.908. The Morgan fingerprint density at radius 2 is 1.86 bits per heavy atom. The molecular formula is C16H23NO4. The molecule has 2 rings (SSSR count). The first-order valence-electron chi connectivity index (χ1n) is 7.41. The van der Waals surface area contributed by atoms with Crippen molar-refractivity contribution >= 4 is 11.9 Å². The van der Waals surface area contributed by atoms with Crippen molar-refractivity contribution in [2.75, 3.05) is 13.1 Å². The fourth-order valence-electron chi connectivity index (χ4n) is 2.89. The molecule has 1 aliphatic heterocycles. The second kappa shape index (κ2) is 5.92. The van der Waals surface area contributed by atoms with Gasteiger partial charge in [-0.3, -0.25) is 4.79 Å². The van der Waals surface area contributed by atoms with Gasteiger partial charge in [-0.2, -0.15) is 0 Å². The molecule has 1 atom stereocenters. The average Bonchev–Trinajstić information content (AvgIpc) is 2.74. The van der Waals surface area contributed by atoms with Gasteiger partial charge in [0.25, 0.3) is 5.91 Å². The Hall–Kier alpha value is -1.78. The minimum absolute atomic E-state index is 0.113. The predicted molar refractivity (Wildman–Crippen MR) is 78.4 cm³/mol. The summed E-state index contributed by atoms with van der Waals surface area (Å²) in [5.41, 5.74) is 0.250. The number of carboxylic acids is 1. The Labute approximate surface area is 124 Å². The summed E-state index contributed by atoms with van der Waals surface area (Å²) in [5, 5.41) is 8.84. The largest absolute Gasteiger partial charge is 0.475 e. The van der Waals surface area contributed by atoms with E-state index in [1.165, 1.54) is 12.1 Å². The van der Waals surface area contributed by atoms with Gasteiger partial charge in [0.2, 0.25) is 5.76 Å². The van der Waals surface area contributed by atoms with Gasteiger partial charge in [-0.05, 0) is 42.7 Å². The van der Waals surface area contributed by atoms with E-state index in [2.05, 4.69) is 20.8 Å². The third-order valence-electron chi connectivity index (χ3n) is 4.27. The highest BCUT2D eigenvalue weighted by molar-refractivity contribution is 5.93. The van der Waals surface area contributed by atoms with Gasteiger partial charge in [0.1, 0.15) is 0 Å².